The molecule has 2 aliphatic rings. The second-order valence-corrected chi connectivity index (χ2v) is 9.06. The molecule has 1 atom stereocenters. The zero-order valence-electron chi connectivity index (χ0n) is 19.3. The SMILES string of the molecule is Cc1ccc(-n2nc(C)cc2NC(=O)CN2C(=O)NC3(CCCCc4ccccc43)C2=O)cc1. The molecule has 0 bridgehead atoms. The van der Waals surface area contributed by atoms with Crippen LogP contribution in [-0.4, -0.2) is 39.1 Å². The number of amides is 4. The average molecular weight is 458 g/mol. The van der Waals surface area contributed by atoms with E-state index in [1.54, 1.807) is 10.7 Å². The van der Waals surface area contributed by atoms with Crippen LogP contribution < -0.4 is 10.6 Å². The molecule has 3 aromatic rings. The van der Waals surface area contributed by atoms with Crippen LogP contribution in [0.25, 0.3) is 5.69 Å². The third-order valence-electron chi connectivity index (χ3n) is 6.58. The highest BCUT2D eigenvalue weighted by Crippen LogP contribution is 2.38. The summed E-state index contributed by atoms with van der Waals surface area (Å²) in [6, 6.07) is 16.7. The molecule has 0 saturated carbocycles. The molecule has 1 fully saturated rings. The molecule has 8 nitrogen and oxygen atoms in total. The van der Waals surface area contributed by atoms with Crippen molar-refractivity contribution in [2.75, 3.05) is 11.9 Å². The summed E-state index contributed by atoms with van der Waals surface area (Å²) >= 11 is 0. The van der Waals surface area contributed by atoms with Crippen molar-refractivity contribution in [2.24, 2.45) is 0 Å². The molecular weight excluding hydrogens is 430 g/mol. The van der Waals surface area contributed by atoms with E-state index < -0.39 is 17.5 Å². The number of imide groups is 1. The first kappa shape index (κ1) is 21.9. The summed E-state index contributed by atoms with van der Waals surface area (Å²) in [7, 11) is 0. The highest BCUT2D eigenvalue weighted by molar-refractivity contribution is 6.10. The third kappa shape index (κ3) is 3.75. The van der Waals surface area contributed by atoms with E-state index in [9.17, 15) is 14.4 Å². The van der Waals surface area contributed by atoms with Gasteiger partial charge in [0.15, 0.2) is 0 Å². The Labute approximate surface area is 197 Å². The van der Waals surface area contributed by atoms with E-state index in [-0.39, 0.29) is 12.5 Å². The summed E-state index contributed by atoms with van der Waals surface area (Å²) in [5.41, 5.74) is 3.45. The Morgan fingerprint density at radius 1 is 1.09 bits per heavy atom. The van der Waals surface area contributed by atoms with Crippen LogP contribution in [0.1, 0.15) is 41.6 Å². The lowest BCUT2D eigenvalue weighted by atomic mass is 9.84. The molecule has 2 heterocycles. The Kier molecular flexibility index (Phi) is 5.43. The normalized spacial score (nSPS) is 19.6. The first-order valence-electron chi connectivity index (χ1n) is 11.5. The number of nitrogens with one attached hydrogen (secondary N) is 2. The van der Waals surface area contributed by atoms with Gasteiger partial charge < -0.3 is 10.6 Å². The number of rotatable bonds is 4. The number of anilines is 1. The summed E-state index contributed by atoms with van der Waals surface area (Å²) in [5, 5.41) is 10.2. The van der Waals surface area contributed by atoms with Crippen molar-refractivity contribution in [3.8, 4) is 5.69 Å². The number of benzene rings is 2. The summed E-state index contributed by atoms with van der Waals surface area (Å²) in [6.07, 6.45) is 3.15. The van der Waals surface area contributed by atoms with Gasteiger partial charge in [-0.25, -0.2) is 9.48 Å². The lowest BCUT2D eigenvalue weighted by Gasteiger charge is -2.27. The molecular formula is C26H27N5O3. The Bertz CT molecular complexity index is 1280. The molecule has 1 aliphatic heterocycles. The van der Waals surface area contributed by atoms with Crippen molar-refractivity contribution in [1.29, 1.82) is 0 Å². The molecule has 5 rings (SSSR count). The number of aryl methyl sites for hydroxylation is 3. The van der Waals surface area contributed by atoms with Crippen LogP contribution in [0.5, 0.6) is 0 Å². The van der Waals surface area contributed by atoms with Crippen LogP contribution >= 0.6 is 0 Å². The second-order valence-electron chi connectivity index (χ2n) is 9.06. The molecule has 1 spiro atoms. The van der Waals surface area contributed by atoms with E-state index in [4.69, 9.17) is 0 Å². The van der Waals surface area contributed by atoms with Gasteiger partial charge in [-0.2, -0.15) is 5.10 Å². The molecule has 1 aliphatic carbocycles. The van der Waals surface area contributed by atoms with Gasteiger partial charge >= 0.3 is 6.03 Å². The minimum atomic E-state index is -1.11. The van der Waals surface area contributed by atoms with Gasteiger partial charge in [0.25, 0.3) is 5.91 Å². The first-order valence-corrected chi connectivity index (χ1v) is 11.5. The van der Waals surface area contributed by atoms with E-state index in [0.29, 0.717) is 12.2 Å². The van der Waals surface area contributed by atoms with Gasteiger partial charge in [0, 0.05) is 6.07 Å². The fourth-order valence-corrected chi connectivity index (χ4v) is 4.91. The number of carbonyl (C=O) groups excluding carboxylic acids is 3. The lowest BCUT2D eigenvalue weighted by Crippen LogP contribution is -2.44. The average Bonchev–Trinajstić information content (AvgIpc) is 3.21. The minimum Gasteiger partial charge on any atom is -0.319 e. The van der Waals surface area contributed by atoms with Crippen LogP contribution in [0, 0.1) is 13.8 Å². The number of hydrogen-bond acceptors (Lipinski definition) is 4. The Balaban J connectivity index is 1.37. The van der Waals surface area contributed by atoms with Crippen LogP contribution in [0.4, 0.5) is 10.6 Å². The van der Waals surface area contributed by atoms with Gasteiger partial charge in [-0.1, -0.05) is 42.0 Å². The number of urea groups is 1. The Morgan fingerprint density at radius 2 is 1.85 bits per heavy atom. The standard InChI is InChI=1S/C26H27N5O3/c1-17-10-12-20(13-11-17)31-22(15-18(2)29-31)27-23(32)16-30-24(33)26(28-25(30)34)14-6-5-8-19-7-3-4-9-21(19)26/h3-4,7,9-13,15H,5-6,8,14,16H2,1-2H3,(H,27,32)(H,28,34). The molecule has 34 heavy (non-hydrogen) atoms. The maximum atomic E-state index is 13.6. The maximum absolute atomic E-state index is 13.6. The highest BCUT2D eigenvalue weighted by Gasteiger charge is 2.53. The second kappa shape index (κ2) is 8.44. The molecule has 2 N–H and O–H groups in total. The largest absolute Gasteiger partial charge is 0.325 e. The fraction of sp³-hybridized carbons (Fsp3) is 0.308. The molecule has 1 saturated heterocycles. The summed E-state index contributed by atoms with van der Waals surface area (Å²) < 4.78 is 1.64. The van der Waals surface area contributed by atoms with E-state index in [1.807, 2.05) is 62.4 Å². The molecule has 2 aromatic carbocycles. The zero-order valence-corrected chi connectivity index (χ0v) is 19.3. The Morgan fingerprint density at radius 3 is 2.65 bits per heavy atom. The molecule has 1 unspecified atom stereocenters. The van der Waals surface area contributed by atoms with E-state index >= 15 is 0 Å². The van der Waals surface area contributed by atoms with Crippen molar-refractivity contribution >= 4 is 23.7 Å². The molecule has 0 radical (unpaired) electrons. The summed E-state index contributed by atoms with van der Waals surface area (Å²) in [4.78, 5) is 40.4. The topological polar surface area (TPSA) is 96.3 Å². The van der Waals surface area contributed by atoms with Crippen LogP contribution in [0.3, 0.4) is 0 Å². The van der Waals surface area contributed by atoms with Crippen LogP contribution in [0.15, 0.2) is 54.6 Å². The zero-order chi connectivity index (χ0) is 23.9. The number of hydrogen-bond donors (Lipinski definition) is 2. The van der Waals surface area contributed by atoms with Crippen molar-refractivity contribution in [1.82, 2.24) is 20.0 Å². The maximum Gasteiger partial charge on any atom is 0.325 e. The van der Waals surface area contributed by atoms with Crippen LogP contribution in [0.2, 0.25) is 0 Å². The molecule has 4 amide bonds. The predicted molar refractivity (Wildman–Crippen MR) is 128 cm³/mol. The molecule has 174 valence electrons. The van der Waals surface area contributed by atoms with Crippen molar-refractivity contribution in [2.45, 2.75) is 45.1 Å². The first-order chi connectivity index (χ1) is 16.4. The molecule has 1 aromatic heterocycles. The van der Waals surface area contributed by atoms with Crippen molar-refractivity contribution in [3.05, 3.63) is 77.0 Å². The smallest absolute Gasteiger partial charge is 0.319 e. The number of fused-ring (bicyclic) bond motifs is 2. The minimum absolute atomic E-state index is 0.368. The number of nitrogens with zero attached hydrogens (tertiary/aromatic N) is 3. The van der Waals surface area contributed by atoms with Gasteiger partial charge in [-0.15, -0.1) is 0 Å². The van der Waals surface area contributed by atoms with Gasteiger partial charge in [-0.05, 0) is 62.8 Å². The van der Waals surface area contributed by atoms with Gasteiger partial charge in [0.1, 0.15) is 17.9 Å². The fourth-order valence-electron chi connectivity index (χ4n) is 4.91. The quantitative estimate of drug-likeness (QED) is 0.585. The Hall–Kier alpha value is -3.94. The van der Waals surface area contributed by atoms with Gasteiger partial charge in [0.05, 0.1) is 11.4 Å². The van der Waals surface area contributed by atoms with Crippen molar-refractivity contribution in [3.63, 3.8) is 0 Å². The molecule has 8 heteroatoms. The van der Waals surface area contributed by atoms with Crippen molar-refractivity contribution < 1.29 is 14.4 Å². The van der Waals surface area contributed by atoms with E-state index in [0.717, 1.165) is 52.2 Å². The highest BCUT2D eigenvalue weighted by atomic mass is 16.2. The van der Waals surface area contributed by atoms with Crippen LogP contribution in [-0.2, 0) is 21.5 Å². The van der Waals surface area contributed by atoms with E-state index in [1.165, 1.54) is 0 Å². The summed E-state index contributed by atoms with van der Waals surface area (Å²) in [6.45, 7) is 3.47. The predicted octanol–water partition coefficient (Wildman–Crippen LogP) is 3.60. The van der Waals surface area contributed by atoms with Gasteiger partial charge in [0.2, 0.25) is 5.91 Å². The monoisotopic (exact) mass is 457 g/mol. The third-order valence-corrected chi connectivity index (χ3v) is 6.58. The number of aromatic nitrogens is 2. The summed E-state index contributed by atoms with van der Waals surface area (Å²) in [5.74, 6) is -0.353. The van der Waals surface area contributed by atoms with E-state index in [2.05, 4.69) is 15.7 Å². The number of carbonyl (C=O) groups is 3. The lowest BCUT2D eigenvalue weighted by molar-refractivity contribution is -0.134. The van der Waals surface area contributed by atoms with Gasteiger partial charge in [-0.3, -0.25) is 14.5 Å².